The molecule has 3 aromatic carbocycles. The smallest absolute Gasteiger partial charge is 0.408 e. The predicted octanol–water partition coefficient (Wildman–Crippen LogP) is 5.11. The Balaban J connectivity index is 1.60. The average molecular weight is 511 g/mol. The Labute approximate surface area is 214 Å². The van der Waals surface area contributed by atoms with Gasteiger partial charge in [-0.3, -0.25) is 4.79 Å². The topological polar surface area (TPSA) is 103 Å². The summed E-state index contributed by atoms with van der Waals surface area (Å²) in [6, 6.07) is 22.0. The molecule has 0 saturated heterocycles. The number of rotatable bonds is 11. The fraction of sp³-hybridized carbons (Fsp3) is 0.222. The van der Waals surface area contributed by atoms with Crippen molar-refractivity contribution in [2.45, 2.75) is 32.1 Å². The predicted molar refractivity (Wildman–Crippen MR) is 136 cm³/mol. The molecule has 188 valence electrons. The van der Waals surface area contributed by atoms with Crippen molar-refractivity contribution in [3.8, 4) is 5.75 Å². The number of hydrogen-bond acceptors (Lipinski definition) is 6. The number of benzene rings is 3. The molecule has 0 aliphatic rings. The van der Waals surface area contributed by atoms with Gasteiger partial charge in [0.05, 0.1) is 12.8 Å². The monoisotopic (exact) mass is 510 g/mol. The first-order valence-electron chi connectivity index (χ1n) is 11.3. The molecule has 0 aliphatic carbocycles. The maximum Gasteiger partial charge on any atom is 0.408 e. The summed E-state index contributed by atoms with van der Waals surface area (Å²) in [6.07, 6.45) is -0.889. The van der Waals surface area contributed by atoms with Gasteiger partial charge in [-0.1, -0.05) is 72.3 Å². The molecule has 3 rings (SSSR count). The van der Waals surface area contributed by atoms with Gasteiger partial charge in [0.2, 0.25) is 5.91 Å². The van der Waals surface area contributed by atoms with Gasteiger partial charge < -0.3 is 24.8 Å². The van der Waals surface area contributed by atoms with Crippen LogP contribution in [0.3, 0.4) is 0 Å². The van der Waals surface area contributed by atoms with Crippen molar-refractivity contribution in [2.75, 3.05) is 12.4 Å². The third-order valence-corrected chi connectivity index (χ3v) is 5.34. The number of carbonyl (C=O) groups excluding carboxylic acids is 3. The van der Waals surface area contributed by atoms with Gasteiger partial charge in [-0.2, -0.15) is 0 Å². The lowest BCUT2D eigenvalue weighted by molar-refractivity contribution is -0.147. The van der Waals surface area contributed by atoms with Gasteiger partial charge in [0, 0.05) is 11.4 Å². The zero-order valence-electron chi connectivity index (χ0n) is 19.7. The second-order valence-electron chi connectivity index (χ2n) is 7.78. The van der Waals surface area contributed by atoms with E-state index in [9.17, 15) is 14.4 Å². The number of carbonyl (C=O) groups is 3. The standard InChI is InChI=1S/C27H27ClN2O6/c1-34-24-14-12-21(28)16-23(24)29-25(31)15-13-22(26(32)35-17-19-8-4-2-5-9-19)30-27(33)36-18-20-10-6-3-7-11-20/h2-12,14,16,22H,13,15,17-18H2,1H3,(H,29,31)(H,30,33)/t22-/m0/s1. The van der Waals surface area contributed by atoms with E-state index in [0.29, 0.717) is 16.5 Å². The van der Waals surface area contributed by atoms with E-state index in [4.69, 9.17) is 25.8 Å². The molecule has 0 aliphatic heterocycles. The van der Waals surface area contributed by atoms with Gasteiger partial charge in [-0.15, -0.1) is 0 Å². The number of amides is 2. The first kappa shape index (κ1) is 26.6. The SMILES string of the molecule is COc1ccc(Cl)cc1NC(=O)CC[C@H](NC(=O)OCc1ccccc1)C(=O)OCc1ccccc1. The number of esters is 1. The quantitative estimate of drug-likeness (QED) is 0.348. The van der Waals surface area contributed by atoms with Gasteiger partial charge >= 0.3 is 12.1 Å². The molecule has 2 amide bonds. The summed E-state index contributed by atoms with van der Waals surface area (Å²) in [5, 5.41) is 5.65. The zero-order valence-corrected chi connectivity index (χ0v) is 20.5. The summed E-state index contributed by atoms with van der Waals surface area (Å²) in [4.78, 5) is 37.8. The Hall–Kier alpha value is -4.04. The van der Waals surface area contributed by atoms with Crippen LogP contribution in [0.2, 0.25) is 5.02 Å². The Morgan fingerprint density at radius 1 is 0.861 bits per heavy atom. The molecule has 3 aromatic rings. The van der Waals surface area contributed by atoms with Crippen LogP contribution in [0, 0.1) is 0 Å². The van der Waals surface area contributed by atoms with Crippen molar-refractivity contribution < 1.29 is 28.6 Å². The van der Waals surface area contributed by atoms with Gasteiger partial charge in [0.25, 0.3) is 0 Å². The van der Waals surface area contributed by atoms with Crippen molar-refractivity contribution in [3.63, 3.8) is 0 Å². The van der Waals surface area contributed by atoms with E-state index < -0.39 is 24.0 Å². The second kappa shape index (κ2) is 13.7. The lowest BCUT2D eigenvalue weighted by Crippen LogP contribution is -2.42. The van der Waals surface area contributed by atoms with Crippen LogP contribution in [0.25, 0.3) is 0 Å². The minimum absolute atomic E-state index is 0.0111. The summed E-state index contributed by atoms with van der Waals surface area (Å²) in [5.74, 6) is -0.631. The highest BCUT2D eigenvalue weighted by atomic mass is 35.5. The fourth-order valence-corrected chi connectivity index (χ4v) is 3.42. The molecule has 0 heterocycles. The number of methoxy groups -OCH3 is 1. The van der Waals surface area contributed by atoms with E-state index in [0.717, 1.165) is 11.1 Å². The fourth-order valence-electron chi connectivity index (χ4n) is 3.25. The Bertz CT molecular complexity index is 1160. The van der Waals surface area contributed by atoms with E-state index in [2.05, 4.69) is 10.6 Å². The van der Waals surface area contributed by atoms with E-state index in [1.165, 1.54) is 7.11 Å². The normalized spacial score (nSPS) is 11.2. The first-order chi connectivity index (χ1) is 17.4. The highest BCUT2D eigenvalue weighted by Gasteiger charge is 2.24. The van der Waals surface area contributed by atoms with Crippen LogP contribution in [0.4, 0.5) is 10.5 Å². The molecular weight excluding hydrogens is 484 g/mol. The van der Waals surface area contributed by atoms with Crippen molar-refractivity contribution >= 4 is 35.3 Å². The van der Waals surface area contributed by atoms with Crippen LogP contribution >= 0.6 is 11.6 Å². The average Bonchev–Trinajstić information content (AvgIpc) is 2.89. The molecule has 2 N–H and O–H groups in total. The number of anilines is 1. The number of alkyl carbamates (subject to hydrolysis) is 1. The lowest BCUT2D eigenvalue weighted by atomic mass is 10.1. The highest BCUT2D eigenvalue weighted by molar-refractivity contribution is 6.31. The summed E-state index contributed by atoms with van der Waals surface area (Å²) < 4.78 is 15.8. The number of halogens is 1. The van der Waals surface area contributed by atoms with Gasteiger partial charge in [-0.05, 0) is 35.7 Å². The minimum Gasteiger partial charge on any atom is -0.495 e. The highest BCUT2D eigenvalue weighted by Crippen LogP contribution is 2.27. The molecule has 1 atom stereocenters. The van der Waals surface area contributed by atoms with Crippen molar-refractivity contribution in [1.82, 2.24) is 5.32 Å². The molecule has 9 heteroatoms. The summed E-state index contributed by atoms with van der Waals surface area (Å²) in [6.45, 7) is 0.0658. The second-order valence-corrected chi connectivity index (χ2v) is 8.22. The molecule has 8 nitrogen and oxygen atoms in total. The minimum atomic E-state index is -1.09. The molecule has 0 unspecified atom stereocenters. The molecule has 0 bridgehead atoms. The lowest BCUT2D eigenvalue weighted by Gasteiger charge is -2.18. The van der Waals surface area contributed by atoms with Crippen molar-refractivity contribution in [1.29, 1.82) is 0 Å². The third kappa shape index (κ3) is 8.63. The maximum absolute atomic E-state index is 12.8. The molecule has 0 fully saturated rings. The van der Waals surface area contributed by atoms with Gasteiger partial charge in [0.1, 0.15) is 25.0 Å². The number of ether oxygens (including phenoxy) is 3. The Morgan fingerprint density at radius 3 is 2.08 bits per heavy atom. The van der Waals surface area contributed by atoms with Crippen LogP contribution in [-0.4, -0.2) is 31.1 Å². The van der Waals surface area contributed by atoms with E-state index in [1.54, 1.807) is 18.2 Å². The van der Waals surface area contributed by atoms with Gasteiger partial charge in [0.15, 0.2) is 0 Å². The molecular formula is C27H27ClN2O6. The molecule has 36 heavy (non-hydrogen) atoms. The van der Waals surface area contributed by atoms with Crippen LogP contribution < -0.4 is 15.4 Å². The summed E-state index contributed by atoms with van der Waals surface area (Å²) >= 11 is 6.01. The molecule has 0 saturated carbocycles. The maximum atomic E-state index is 12.8. The zero-order chi connectivity index (χ0) is 25.8. The number of hydrogen-bond donors (Lipinski definition) is 2. The van der Waals surface area contributed by atoms with Crippen LogP contribution in [0.15, 0.2) is 78.9 Å². The van der Waals surface area contributed by atoms with E-state index in [-0.39, 0.29) is 26.1 Å². The van der Waals surface area contributed by atoms with Gasteiger partial charge in [-0.25, -0.2) is 9.59 Å². The van der Waals surface area contributed by atoms with Crippen LogP contribution in [0.5, 0.6) is 5.75 Å². The van der Waals surface area contributed by atoms with Crippen LogP contribution in [0.1, 0.15) is 24.0 Å². The molecule has 0 radical (unpaired) electrons. The first-order valence-corrected chi connectivity index (χ1v) is 11.6. The van der Waals surface area contributed by atoms with E-state index >= 15 is 0 Å². The largest absolute Gasteiger partial charge is 0.495 e. The van der Waals surface area contributed by atoms with Crippen molar-refractivity contribution in [2.24, 2.45) is 0 Å². The summed E-state index contributed by atoms with van der Waals surface area (Å²) in [5.41, 5.74) is 1.99. The third-order valence-electron chi connectivity index (χ3n) is 5.11. The Kier molecular flexibility index (Phi) is 10.1. The van der Waals surface area contributed by atoms with Crippen molar-refractivity contribution in [3.05, 3.63) is 95.0 Å². The molecule has 0 spiro atoms. The summed E-state index contributed by atoms with van der Waals surface area (Å²) in [7, 11) is 1.47. The number of nitrogens with one attached hydrogen (secondary N) is 2. The van der Waals surface area contributed by atoms with E-state index in [1.807, 2.05) is 60.7 Å². The van der Waals surface area contributed by atoms with Crippen LogP contribution in [-0.2, 0) is 32.3 Å². The Morgan fingerprint density at radius 2 is 1.47 bits per heavy atom. The molecule has 0 aromatic heterocycles.